The van der Waals surface area contributed by atoms with Crippen LogP contribution >= 0.6 is 15.9 Å². The lowest BCUT2D eigenvalue weighted by atomic mass is 9.95. The Bertz CT molecular complexity index is 1230. The normalized spacial score (nSPS) is 10.8. The van der Waals surface area contributed by atoms with Crippen LogP contribution < -0.4 is 11.5 Å². The number of rotatable bonds is 4. The molecule has 6 nitrogen and oxygen atoms in total. The molecule has 1 amide bonds. The zero-order valence-corrected chi connectivity index (χ0v) is 17.2. The van der Waals surface area contributed by atoms with Crippen LogP contribution in [0.1, 0.15) is 15.9 Å². The summed E-state index contributed by atoms with van der Waals surface area (Å²) in [5.41, 5.74) is 17.8. The van der Waals surface area contributed by atoms with Crippen LogP contribution in [0.3, 0.4) is 0 Å². The molecule has 0 unspecified atom stereocenters. The van der Waals surface area contributed by atoms with Crippen molar-refractivity contribution in [3.63, 3.8) is 0 Å². The van der Waals surface area contributed by atoms with Gasteiger partial charge in [0.2, 0.25) is 11.9 Å². The number of benzene rings is 2. The highest BCUT2D eigenvalue weighted by molar-refractivity contribution is 9.10. The number of aromatic nitrogens is 3. The van der Waals surface area contributed by atoms with E-state index in [9.17, 15) is 4.79 Å². The van der Waals surface area contributed by atoms with E-state index in [0.29, 0.717) is 11.3 Å². The zero-order chi connectivity index (χ0) is 20.5. The number of nitrogens with one attached hydrogen (secondary N) is 1. The molecule has 2 heterocycles. The molecule has 4 rings (SSSR count). The maximum Gasteiger partial charge on any atom is 0.249 e. The van der Waals surface area contributed by atoms with Gasteiger partial charge in [-0.05, 0) is 42.3 Å². The highest BCUT2D eigenvalue weighted by Gasteiger charge is 2.19. The number of nitrogen functional groups attached to an aromatic ring is 1. The van der Waals surface area contributed by atoms with Crippen LogP contribution in [0.5, 0.6) is 0 Å². The molecule has 4 aromatic rings. The minimum absolute atomic E-state index is 0.191. The van der Waals surface area contributed by atoms with Gasteiger partial charge in [0, 0.05) is 27.4 Å². The fourth-order valence-corrected chi connectivity index (χ4v) is 3.72. The van der Waals surface area contributed by atoms with Gasteiger partial charge >= 0.3 is 0 Å². The van der Waals surface area contributed by atoms with Crippen molar-refractivity contribution in [3.05, 3.63) is 76.4 Å². The third-order valence-corrected chi connectivity index (χ3v) is 5.65. The summed E-state index contributed by atoms with van der Waals surface area (Å²) >= 11 is 3.60. The first-order valence-corrected chi connectivity index (χ1v) is 9.71. The van der Waals surface area contributed by atoms with Crippen LogP contribution in [0.15, 0.2) is 65.3 Å². The molecular formula is C22H18BrN5O. The van der Waals surface area contributed by atoms with Gasteiger partial charge in [0.05, 0.1) is 17.1 Å². The Kier molecular flexibility index (Phi) is 4.90. The maximum absolute atomic E-state index is 12.1. The van der Waals surface area contributed by atoms with Crippen molar-refractivity contribution in [2.24, 2.45) is 5.73 Å². The Hall–Kier alpha value is -3.45. The topological polar surface area (TPSA) is 111 Å². The summed E-state index contributed by atoms with van der Waals surface area (Å²) in [6, 6.07) is 17.0. The van der Waals surface area contributed by atoms with Crippen molar-refractivity contribution in [2.45, 2.75) is 6.92 Å². The summed E-state index contributed by atoms with van der Waals surface area (Å²) in [5.74, 6) is -0.289. The lowest BCUT2D eigenvalue weighted by Crippen LogP contribution is -2.12. The summed E-state index contributed by atoms with van der Waals surface area (Å²) < 4.78 is 0.992. The van der Waals surface area contributed by atoms with Gasteiger partial charge in [0.25, 0.3) is 0 Å². The standard InChI is InChI=1S/C22H18BrN5O/c1-12-13(7-4-8-17(12)23)20-16(14-5-2-3-6-15(14)21(24)29)11-19(27-20)18-9-10-26-22(25)28-18/h2-11,27H,1H3,(H2,24,29)(H2,25,26,28). The highest BCUT2D eigenvalue weighted by atomic mass is 79.9. The monoisotopic (exact) mass is 447 g/mol. The van der Waals surface area contributed by atoms with Crippen molar-refractivity contribution in [1.82, 2.24) is 15.0 Å². The molecule has 2 aromatic carbocycles. The van der Waals surface area contributed by atoms with E-state index in [0.717, 1.165) is 38.1 Å². The minimum Gasteiger partial charge on any atom is -0.368 e. The fourth-order valence-electron chi connectivity index (χ4n) is 3.35. The van der Waals surface area contributed by atoms with Gasteiger partial charge in [-0.1, -0.05) is 46.3 Å². The molecule has 0 spiro atoms. The molecule has 5 N–H and O–H groups in total. The second kappa shape index (κ2) is 7.52. The largest absolute Gasteiger partial charge is 0.368 e. The number of aromatic amines is 1. The summed E-state index contributed by atoms with van der Waals surface area (Å²) in [6.45, 7) is 2.03. The van der Waals surface area contributed by atoms with E-state index in [1.165, 1.54) is 0 Å². The van der Waals surface area contributed by atoms with Crippen molar-refractivity contribution in [3.8, 4) is 33.8 Å². The van der Waals surface area contributed by atoms with Gasteiger partial charge < -0.3 is 16.5 Å². The summed E-state index contributed by atoms with van der Waals surface area (Å²) in [7, 11) is 0. The van der Waals surface area contributed by atoms with Crippen LogP contribution in [0.2, 0.25) is 0 Å². The third kappa shape index (κ3) is 3.52. The quantitative estimate of drug-likeness (QED) is 0.425. The molecule has 0 saturated heterocycles. The van der Waals surface area contributed by atoms with Crippen LogP contribution in [-0.2, 0) is 0 Å². The number of hydrogen-bond acceptors (Lipinski definition) is 4. The number of halogens is 1. The SMILES string of the molecule is Cc1c(Br)cccc1-c1[nH]c(-c2ccnc(N)n2)cc1-c1ccccc1C(N)=O. The molecule has 0 radical (unpaired) electrons. The van der Waals surface area contributed by atoms with Crippen LogP contribution in [-0.4, -0.2) is 20.9 Å². The Morgan fingerprint density at radius 1 is 1.03 bits per heavy atom. The Morgan fingerprint density at radius 3 is 2.55 bits per heavy atom. The predicted octanol–water partition coefficient (Wildman–Crippen LogP) is 4.56. The first-order valence-electron chi connectivity index (χ1n) is 8.92. The number of primary amides is 1. The molecule has 2 aromatic heterocycles. The van der Waals surface area contributed by atoms with Gasteiger partial charge in [-0.25, -0.2) is 9.97 Å². The van der Waals surface area contributed by atoms with E-state index >= 15 is 0 Å². The van der Waals surface area contributed by atoms with Crippen molar-refractivity contribution in [1.29, 1.82) is 0 Å². The fraction of sp³-hybridized carbons (Fsp3) is 0.0455. The van der Waals surface area contributed by atoms with Gasteiger partial charge in [-0.2, -0.15) is 0 Å². The zero-order valence-electron chi connectivity index (χ0n) is 15.6. The van der Waals surface area contributed by atoms with E-state index < -0.39 is 5.91 Å². The van der Waals surface area contributed by atoms with Gasteiger partial charge in [-0.15, -0.1) is 0 Å². The average molecular weight is 448 g/mol. The summed E-state index contributed by atoms with van der Waals surface area (Å²) in [4.78, 5) is 23.8. The Morgan fingerprint density at radius 2 is 1.79 bits per heavy atom. The summed E-state index contributed by atoms with van der Waals surface area (Å²) in [6.07, 6.45) is 1.61. The number of carbonyl (C=O) groups excluding carboxylic acids is 1. The van der Waals surface area contributed by atoms with E-state index in [1.54, 1.807) is 24.4 Å². The molecule has 0 aliphatic heterocycles. The molecule has 0 aliphatic rings. The number of amides is 1. The molecular weight excluding hydrogens is 430 g/mol. The van der Waals surface area contributed by atoms with Gasteiger partial charge in [-0.3, -0.25) is 4.79 Å². The second-order valence-electron chi connectivity index (χ2n) is 6.59. The Labute approximate surface area is 176 Å². The maximum atomic E-state index is 12.1. The molecule has 0 saturated carbocycles. The number of nitrogens with zero attached hydrogens (tertiary/aromatic N) is 2. The van der Waals surface area contributed by atoms with E-state index in [1.807, 2.05) is 43.3 Å². The van der Waals surface area contributed by atoms with Crippen LogP contribution in [0, 0.1) is 6.92 Å². The number of nitrogens with two attached hydrogens (primary N) is 2. The van der Waals surface area contributed by atoms with Crippen LogP contribution in [0.25, 0.3) is 33.8 Å². The molecule has 0 aliphatic carbocycles. The third-order valence-electron chi connectivity index (χ3n) is 4.79. The number of H-pyrrole nitrogens is 1. The number of hydrogen-bond donors (Lipinski definition) is 3. The average Bonchev–Trinajstić information content (AvgIpc) is 3.15. The summed E-state index contributed by atoms with van der Waals surface area (Å²) in [5, 5.41) is 0. The number of anilines is 1. The Balaban J connectivity index is 2.02. The van der Waals surface area contributed by atoms with E-state index in [4.69, 9.17) is 11.5 Å². The molecule has 29 heavy (non-hydrogen) atoms. The molecule has 0 fully saturated rings. The number of carbonyl (C=O) groups is 1. The van der Waals surface area contributed by atoms with Crippen molar-refractivity contribution < 1.29 is 4.79 Å². The lowest BCUT2D eigenvalue weighted by Gasteiger charge is -2.11. The molecule has 144 valence electrons. The minimum atomic E-state index is -0.480. The smallest absolute Gasteiger partial charge is 0.249 e. The van der Waals surface area contributed by atoms with Crippen molar-refractivity contribution >= 4 is 27.8 Å². The second-order valence-corrected chi connectivity index (χ2v) is 7.45. The van der Waals surface area contributed by atoms with Crippen LogP contribution in [0.4, 0.5) is 5.95 Å². The first-order chi connectivity index (χ1) is 14.0. The molecule has 0 bridgehead atoms. The van der Waals surface area contributed by atoms with E-state index in [-0.39, 0.29) is 5.95 Å². The predicted molar refractivity (Wildman–Crippen MR) is 118 cm³/mol. The molecule has 0 atom stereocenters. The molecule has 7 heteroatoms. The lowest BCUT2D eigenvalue weighted by molar-refractivity contribution is 0.100. The van der Waals surface area contributed by atoms with Gasteiger partial charge in [0.1, 0.15) is 0 Å². The highest BCUT2D eigenvalue weighted by Crippen LogP contribution is 2.39. The van der Waals surface area contributed by atoms with Crippen molar-refractivity contribution in [2.75, 3.05) is 5.73 Å². The van der Waals surface area contributed by atoms with E-state index in [2.05, 4.69) is 30.9 Å². The van der Waals surface area contributed by atoms with Gasteiger partial charge in [0.15, 0.2) is 0 Å². The first kappa shape index (κ1) is 18.9.